The zero-order valence-corrected chi connectivity index (χ0v) is 16.8. The second-order valence-corrected chi connectivity index (χ2v) is 6.41. The minimum Gasteiger partial charge on any atom is -0.370 e. The van der Waals surface area contributed by atoms with Crippen LogP contribution in [0, 0.1) is 5.92 Å². The minimum absolute atomic E-state index is 0. The van der Waals surface area contributed by atoms with Crippen molar-refractivity contribution in [1.29, 1.82) is 0 Å². The molecule has 1 aromatic carbocycles. The van der Waals surface area contributed by atoms with Gasteiger partial charge in [0.15, 0.2) is 5.96 Å². The van der Waals surface area contributed by atoms with Gasteiger partial charge in [0.2, 0.25) is 0 Å². The Balaban J connectivity index is 0.00000264. The summed E-state index contributed by atoms with van der Waals surface area (Å²) in [6, 6.07) is 8.72. The Morgan fingerprint density at radius 2 is 2.00 bits per heavy atom. The van der Waals surface area contributed by atoms with Crippen LogP contribution in [0.2, 0.25) is 0 Å². The van der Waals surface area contributed by atoms with E-state index in [1.165, 1.54) is 37.1 Å². The maximum absolute atomic E-state index is 5.84. The van der Waals surface area contributed by atoms with Crippen LogP contribution in [0.1, 0.15) is 44.2 Å². The standard InChI is InChI=1S/C18H30N4.HI/c1-3-9-20-18(19)21-13-16-5-4-6-17(12-16)14-22-10-7-15(2)8-11-22;/h4-6,12,15H,3,7-11,13-14H2,1-2H3,(H3,19,20,21);1H. The van der Waals surface area contributed by atoms with Gasteiger partial charge in [-0.1, -0.05) is 38.1 Å². The molecule has 0 aromatic heterocycles. The van der Waals surface area contributed by atoms with E-state index in [0.29, 0.717) is 12.5 Å². The molecule has 1 saturated heterocycles. The third kappa shape index (κ3) is 7.52. The van der Waals surface area contributed by atoms with Crippen LogP contribution in [0.5, 0.6) is 0 Å². The zero-order chi connectivity index (χ0) is 15.8. The first-order valence-electron chi connectivity index (χ1n) is 8.51. The SMILES string of the molecule is CCCNC(N)=NCc1cccc(CN2CCC(C)CC2)c1.I. The lowest BCUT2D eigenvalue weighted by Gasteiger charge is -2.30. The van der Waals surface area contributed by atoms with E-state index >= 15 is 0 Å². The molecule has 1 aromatic rings. The Morgan fingerprint density at radius 3 is 2.70 bits per heavy atom. The Kier molecular flexibility index (Phi) is 9.55. The van der Waals surface area contributed by atoms with E-state index < -0.39 is 0 Å². The molecule has 0 bridgehead atoms. The normalized spacial score (nSPS) is 16.9. The Morgan fingerprint density at radius 1 is 1.30 bits per heavy atom. The first-order chi connectivity index (χ1) is 10.7. The molecule has 5 heteroatoms. The fraction of sp³-hybridized carbons (Fsp3) is 0.611. The van der Waals surface area contributed by atoms with Gasteiger partial charge in [-0.25, -0.2) is 4.99 Å². The fourth-order valence-electron chi connectivity index (χ4n) is 2.79. The van der Waals surface area contributed by atoms with Gasteiger partial charge < -0.3 is 11.1 Å². The summed E-state index contributed by atoms with van der Waals surface area (Å²) < 4.78 is 0. The van der Waals surface area contributed by atoms with E-state index in [4.69, 9.17) is 5.73 Å². The van der Waals surface area contributed by atoms with Crippen LogP contribution < -0.4 is 11.1 Å². The number of nitrogens with zero attached hydrogens (tertiary/aromatic N) is 2. The van der Waals surface area contributed by atoms with Crippen molar-refractivity contribution in [2.75, 3.05) is 19.6 Å². The molecule has 0 atom stereocenters. The van der Waals surface area contributed by atoms with Gasteiger partial charge in [-0.3, -0.25) is 4.90 Å². The highest BCUT2D eigenvalue weighted by Crippen LogP contribution is 2.18. The molecule has 0 unspecified atom stereocenters. The van der Waals surface area contributed by atoms with E-state index in [1.54, 1.807) is 0 Å². The first kappa shape index (κ1) is 20.2. The number of rotatable bonds is 6. The van der Waals surface area contributed by atoms with Crippen molar-refractivity contribution in [3.05, 3.63) is 35.4 Å². The number of piperidine rings is 1. The van der Waals surface area contributed by atoms with E-state index in [-0.39, 0.29) is 24.0 Å². The molecule has 1 heterocycles. The molecule has 1 aliphatic rings. The van der Waals surface area contributed by atoms with Crippen LogP contribution in [0.25, 0.3) is 0 Å². The van der Waals surface area contributed by atoms with Gasteiger partial charge in [0, 0.05) is 13.1 Å². The van der Waals surface area contributed by atoms with E-state index in [2.05, 4.69) is 53.3 Å². The highest BCUT2D eigenvalue weighted by molar-refractivity contribution is 14.0. The average Bonchev–Trinajstić information content (AvgIpc) is 2.53. The summed E-state index contributed by atoms with van der Waals surface area (Å²) in [5.74, 6) is 1.42. The fourth-order valence-corrected chi connectivity index (χ4v) is 2.79. The van der Waals surface area contributed by atoms with Crippen LogP contribution in [-0.4, -0.2) is 30.5 Å². The van der Waals surface area contributed by atoms with E-state index in [9.17, 15) is 0 Å². The zero-order valence-electron chi connectivity index (χ0n) is 14.4. The molecule has 130 valence electrons. The molecular weight excluding hydrogens is 399 g/mol. The highest BCUT2D eigenvalue weighted by atomic mass is 127. The third-order valence-electron chi connectivity index (χ3n) is 4.26. The van der Waals surface area contributed by atoms with Crippen molar-refractivity contribution < 1.29 is 0 Å². The Labute approximate surface area is 157 Å². The quantitative estimate of drug-likeness (QED) is 0.414. The number of likely N-dealkylation sites (tertiary alicyclic amines) is 1. The molecular formula is C18H31IN4. The molecule has 0 aliphatic carbocycles. The third-order valence-corrected chi connectivity index (χ3v) is 4.26. The lowest BCUT2D eigenvalue weighted by Crippen LogP contribution is -2.32. The van der Waals surface area contributed by atoms with Crippen molar-refractivity contribution in [2.45, 2.75) is 46.2 Å². The van der Waals surface area contributed by atoms with E-state index in [0.717, 1.165) is 25.4 Å². The molecule has 23 heavy (non-hydrogen) atoms. The van der Waals surface area contributed by atoms with Crippen LogP contribution in [0.15, 0.2) is 29.3 Å². The van der Waals surface area contributed by atoms with Crippen molar-refractivity contribution in [3.8, 4) is 0 Å². The molecule has 0 spiro atoms. The van der Waals surface area contributed by atoms with E-state index in [1.807, 2.05) is 0 Å². The average molecular weight is 430 g/mol. The molecule has 0 saturated carbocycles. The second kappa shape index (κ2) is 10.9. The Bertz CT molecular complexity index is 482. The van der Waals surface area contributed by atoms with Crippen molar-refractivity contribution in [1.82, 2.24) is 10.2 Å². The maximum atomic E-state index is 5.84. The number of benzene rings is 1. The lowest BCUT2D eigenvalue weighted by atomic mass is 9.98. The second-order valence-electron chi connectivity index (χ2n) is 6.41. The number of nitrogens with one attached hydrogen (secondary N) is 1. The smallest absolute Gasteiger partial charge is 0.188 e. The van der Waals surface area contributed by atoms with Crippen molar-refractivity contribution in [3.63, 3.8) is 0 Å². The van der Waals surface area contributed by atoms with Gasteiger partial charge in [-0.2, -0.15) is 0 Å². The summed E-state index contributed by atoms with van der Waals surface area (Å²) in [5, 5.41) is 3.11. The lowest BCUT2D eigenvalue weighted by molar-refractivity contribution is 0.185. The molecule has 1 fully saturated rings. The Hall–Kier alpha value is -0.820. The van der Waals surface area contributed by atoms with Crippen LogP contribution in [0.4, 0.5) is 0 Å². The molecule has 1 aliphatic heterocycles. The summed E-state index contributed by atoms with van der Waals surface area (Å²) in [6.07, 6.45) is 3.70. The largest absolute Gasteiger partial charge is 0.370 e. The number of aliphatic imine (C=N–C) groups is 1. The minimum atomic E-state index is 0. The van der Waals surface area contributed by atoms with Gasteiger partial charge in [-0.15, -0.1) is 24.0 Å². The summed E-state index contributed by atoms with van der Waals surface area (Å²) in [6.45, 7) is 9.48. The number of hydrogen-bond donors (Lipinski definition) is 2. The number of guanidine groups is 1. The molecule has 0 amide bonds. The van der Waals surface area contributed by atoms with Gasteiger partial charge in [0.1, 0.15) is 0 Å². The van der Waals surface area contributed by atoms with Crippen molar-refractivity contribution >= 4 is 29.9 Å². The molecule has 2 rings (SSSR count). The number of nitrogens with two attached hydrogens (primary N) is 1. The molecule has 4 nitrogen and oxygen atoms in total. The van der Waals surface area contributed by atoms with Gasteiger partial charge in [0.25, 0.3) is 0 Å². The summed E-state index contributed by atoms with van der Waals surface area (Å²) in [5.41, 5.74) is 8.44. The van der Waals surface area contributed by atoms with Gasteiger partial charge in [-0.05, 0) is 49.4 Å². The van der Waals surface area contributed by atoms with Crippen LogP contribution in [-0.2, 0) is 13.1 Å². The monoisotopic (exact) mass is 430 g/mol. The maximum Gasteiger partial charge on any atom is 0.188 e. The molecule has 0 radical (unpaired) electrons. The van der Waals surface area contributed by atoms with Gasteiger partial charge >= 0.3 is 0 Å². The van der Waals surface area contributed by atoms with Crippen LogP contribution in [0.3, 0.4) is 0 Å². The topological polar surface area (TPSA) is 53.6 Å². The summed E-state index contributed by atoms with van der Waals surface area (Å²) in [4.78, 5) is 6.95. The predicted molar refractivity (Wildman–Crippen MR) is 109 cm³/mol. The first-order valence-corrected chi connectivity index (χ1v) is 8.51. The van der Waals surface area contributed by atoms with Gasteiger partial charge in [0.05, 0.1) is 6.54 Å². The van der Waals surface area contributed by atoms with Crippen LogP contribution >= 0.6 is 24.0 Å². The number of halogens is 1. The predicted octanol–water partition coefficient (Wildman–Crippen LogP) is 3.35. The van der Waals surface area contributed by atoms with Crippen molar-refractivity contribution in [2.24, 2.45) is 16.6 Å². The highest BCUT2D eigenvalue weighted by Gasteiger charge is 2.15. The molecule has 3 N–H and O–H groups in total. The summed E-state index contributed by atoms with van der Waals surface area (Å²) in [7, 11) is 0. The summed E-state index contributed by atoms with van der Waals surface area (Å²) >= 11 is 0. The number of hydrogen-bond acceptors (Lipinski definition) is 2.